The van der Waals surface area contributed by atoms with E-state index in [4.69, 9.17) is 14.7 Å². The van der Waals surface area contributed by atoms with Gasteiger partial charge in [-0.15, -0.1) is 0 Å². The number of imidazole rings is 1. The number of rotatable bonds is 4. The van der Waals surface area contributed by atoms with Gasteiger partial charge in [-0.3, -0.25) is 4.79 Å². The molecule has 0 amide bonds. The van der Waals surface area contributed by atoms with E-state index in [1.807, 2.05) is 36.4 Å². The van der Waals surface area contributed by atoms with E-state index in [9.17, 15) is 4.79 Å². The molecule has 2 aromatic carbocycles. The van der Waals surface area contributed by atoms with E-state index in [0.29, 0.717) is 21.0 Å². The van der Waals surface area contributed by atoms with Gasteiger partial charge in [0.25, 0.3) is 5.56 Å². The van der Waals surface area contributed by atoms with E-state index in [1.54, 1.807) is 22.6 Å². The molecule has 2 heterocycles. The molecule has 0 N–H and O–H groups in total. The summed E-state index contributed by atoms with van der Waals surface area (Å²) in [5.41, 5.74) is 2.32. The number of ether oxygens (including phenoxy) is 2. The van der Waals surface area contributed by atoms with Crippen LogP contribution in [0.4, 0.5) is 0 Å². The molecule has 6 nitrogen and oxygen atoms in total. The summed E-state index contributed by atoms with van der Waals surface area (Å²) in [5.74, 6) is 0.994. The molecule has 0 saturated heterocycles. The lowest BCUT2D eigenvalue weighted by atomic mass is 10.2. The van der Waals surface area contributed by atoms with Crippen molar-refractivity contribution in [2.24, 2.45) is 0 Å². The molecule has 0 aliphatic rings. The van der Waals surface area contributed by atoms with E-state index < -0.39 is 0 Å². The molecule has 0 radical (unpaired) electrons. The van der Waals surface area contributed by atoms with Crippen LogP contribution < -0.4 is 19.6 Å². The molecule has 7 heteroatoms. The molecule has 0 spiro atoms. The maximum atomic E-state index is 12.8. The number of methoxy groups -OCH3 is 1. The minimum atomic E-state index is -0.0949. The summed E-state index contributed by atoms with van der Waals surface area (Å²) >= 11 is 1.34. The molecule has 0 aliphatic carbocycles. The zero-order valence-electron chi connectivity index (χ0n) is 13.8. The highest BCUT2D eigenvalue weighted by Crippen LogP contribution is 2.28. The number of fused-ring (bicyclic) bond motifs is 3. The lowest BCUT2D eigenvalue weighted by Gasteiger charge is -2.08. The van der Waals surface area contributed by atoms with Crippen molar-refractivity contribution in [2.75, 3.05) is 13.7 Å². The van der Waals surface area contributed by atoms with Gasteiger partial charge in [0, 0.05) is 0 Å². The number of para-hydroxylation sites is 2. The summed E-state index contributed by atoms with van der Waals surface area (Å²) in [6.07, 6.45) is 1.80. The van der Waals surface area contributed by atoms with E-state index in [0.717, 1.165) is 16.6 Å². The second-order valence-corrected chi connectivity index (χ2v) is 6.50. The van der Waals surface area contributed by atoms with E-state index in [-0.39, 0.29) is 12.2 Å². The first-order chi connectivity index (χ1) is 12.7. The smallest absolute Gasteiger partial charge is 0.274 e. The topological polar surface area (TPSA) is 76.6 Å². The van der Waals surface area contributed by atoms with Crippen LogP contribution >= 0.6 is 11.3 Å². The van der Waals surface area contributed by atoms with Crippen LogP contribution in [0.15, 0.2) is 47.3 Å². The summed E-state index contributed by atoms with van der Waals surface area (Å²) < 4.78 is 12.8. The Balaban J connectivity index is 1.82. The molecule has 26 heavy (non-hydrogen) atoms. The fraction of sp³-hybridized carbons (Fsp3) is 0.105. The third-order valence-corrected chi connectivity index (χ3v) is 4.89. The number of benzene rings is 2. The number of thiazole rings is 1. The van der Waals surface area contributed by atoms with Gasteiger partial charge in [-0.2, -0.15) is 5.26 Å². The Hall–Kier alpha value is -3.37. The minimum absolute atomic E-state index is 0.0562. The Kier molecular flexibility index (Phi) is 4.03. The average molecular weight is 363 g/mol. The molecule has 0 saturated carbocycles. The Labute approximate surface area is 152 Å². The second kappa shape index (κ2) is 6.50. The summed E-state index contributed by atoms with van der Waals surface area (Å²) in [6, 6.07) is 14.8. The van der Waals surface area contributed by atoms with Crippen LogP contribution in [0.5, 0.6) is 11.5 Å². The van der Waals surface area contributed by atoms with Gasteiger partial charge in [0.05, 0.1) is 22.7 Å². The summed E-state index contributed by atoms with van der Waals surface area (Å²) in [5, 5.41) is 8.63. The summed E-state index contributed by atoms with van der Waals surface area (Å²) in [6.45, 7) is -0.0562. The van der Waals surface area contributed by atoms with Gasteiger partial charge in [-0.05, 0) is 35.9 Å². The van der Waals surface area contributed by atoms with E-state index in [1.165, 1.54) is 18.4 Å². The highest BCUT2D eigenvalue weighted by molar-refractivity contribution is 7.15. The third-order valence-electron chi connectivity index (χ3n) is 3.92. The van der Waals surface area contributed by atoms with Crippen molar-refractivity contribution < 1.29 is 9.47 Å². The molecule has 0 atom stereocenters. The molecule has 0 unspecified atom stereocenters. The average Bonchev–Trinajstić information content (AvgIpc) is 3.17. The molecular formula is C19H13N3O3S. The molecular weight excluding hydrogens is 350 g/mol. The fourth-order valence-corrected chi connectivity index (χ4v) is 3.75. The van der Waals surface area contributed by atoms with Crippen molar-refractivity contribution in [3.05, 3.63) is 62.9 Å². The van der Waals surface area contributed by atoms with Crippen LogP contribution in [0.2, 0.25) is 0 Å². The monoisotopic (exact) mass is 363 g/mol. The van der Waals surface area contributed by atoms with Crippen molar-refractivity contribution in [1.29, 1.82) is 5.26 Å². The van der Waals surface area contributed by atoms with Crippen molar-refractivity contribution in [1.82, 2.24) is 9.38 Å². The first-order valence-corrected chi connectivity index (χ1v) is 8.62. The van der Waals surface area contributed by atoms with Gasteiger partial charge >= 0.3 is 0 Å². The van der Waals surface area contributed by atoms with Gasteiger partial charge in [0.1, 0.15) is 6.07 Å². The quantitative estimate of drug-likeness (QED) is 0.556. The summed E-state index contributed by atoms with van der Waals surface area (Å²) in [4.78, 5) is 18.0. The lowest BCUT2D eigenvalue weighted by molar-refractivity contribution is 0.329. The largest absolute Gasteiger partial charge is 0.493 e. The van der Waals surface area contributed by atoms with Crippen molar-refractivity contribution in [2.45, 2.75) is 0 Å². The van der Waals surface area contributed by atoms with Crippen LogP contribution in [0.1, 0.15) is 5.56 Å². The Morgan fingerprint density at radius 3 is 2.92 bits per heavy atom. The van der Waals surface area contributed by atoms with Gasteiger partial charge in [0.15, 0.2) is 23.1 Å². The Morgan fingerprint density at radius 1 is 1.27 bits per heavy atom. The second-order valence-electron chi connectivity index (χ2n) is 5.49. The predicted molar refractivity (Wildman–Crippen MR) is 99.7 cm³/mol. The molecule has 0 fully saturated rings. The first kappa shape index (κ1) is 16.1. The molecule has 2 aromatic heterocycles. The van der Waals surface area contributed by atoms with Crippen LogP contribution in [-0.2, 0) is 0 Å². The standard InChI is InChI=1S/C19H13N3O3S/c1-24-16-10-12(6-7-15(16)25-9-8-20)11-17-18(23)22-14-5-3-2-4-13(14)21-19(22)26-17/h2-7,10-11H,9H2,1H3. The van der Waals surface area contributed by atoms with Crippen molar-refractivity contribution >= 4 is 33.4 Å². The highest BCUT2D eigenvalue weighted by atomic mass is 32.1. The zero-order valence-corrected chi connectivity index (χ0v) is 14.6. The van der Waals surface area contributed by atoms with Crippen molar-refractivity contribution in [3.63, 3.8) is 0 Å². The lowest BCUT2D eigenvalue weighted by Crippen LogP contribution is -2.22. The molecule has 0 bridgehead atoms. The number of hydrogen-bond acceptors (Lipinski definition) is 6. The zero-order chi connectivity index (χ0) is 18.1. The minimum Gasteiger partial charge on any atom is -0.493 e. The van der Waals surface area contributed by atoms with Gasteiger partial charge < -0.3 is 9.47 Å². The Bertz CT molecular complexity index is 1270. The number of hydrogen-bond donors (Lipinski definition) is 0. The maximum Gasteiger partial charge on any atom is 0.274 e. The van der Waals surface area contributed by atoms with E-state index >= 15 is 0 Å². The highest BCUT2D eigenvalue weighted by Gasteiger charge is 2.11. The first-order valence-electron chi connectivity index (χ1n) is 7.81. The number of nitriles is 1. The summed E-state index contributed by atoms with van der Waals surface area (Å²) in [7, 11) is 1.53. The van der Waals surface area contributed by atoms with Gasteiger partial charge in [-0.25, -0.2) is 9.38 Å². The molecule has 0 aliphatic heterocycles. The molecule has 4 rings (SSSR count). The normalized spacial score (nSPS) is 11.8. The maximum absolute atomic E-state index is 12.8. The van der Waals surface area contributed by atoms with Crippen LogP contribution in [-0.4, -0.2) is 23.1 Å². The Morgan fingerprint density at radius 2 is 2.12 bits per heavy atom. The van der Waals surface area contributed by atoms with E-state index in [2.05, 4.69) is 4.98 Å². The van der Waals surface area contributed by atoms with Gasteiger partial charge in [0.2, 0.25) is 0 Å². The van der Waals surface area contributed by atoms with Crippen LogP contribution in [0, 0.1) is 11.3 Å². The SMILES string of the molecule is COc1cc(C=c2sc3nc4ccccc4n3c2=O)ccc1OCC#N. The number of nitrogens with zero attached hydrogens (tertiary/aromatic N) is 3. The van der Waals surface area contributed by atoms with Crippen molar-refractivity contribution in [3.8, 4) is 17.6 Å². The van der Waals surface area contributed by atoms with Gasteiger partial charge in [-0.1, -0.05) is 29.5 Å². The third kappa shape index (κ3) is 2.66. The van der Waals surface area contributed by atoms with Crippen LogP contribution in [0.3, 0.4) is 0 Å². The van der Waals surface area contributed by atoms with Crippen LogP contribution in [0.25, 0.3) is 22.1 Å². The fourth-order valence-electron chi connectivity index (χ4n) is 2.77. The number of aromatic nitrogens is 2. The molecule has 128 valence electrons. The predicted octanol–water partition coefficient (Wildman–Crippen LogP) is 2.37. The molecule has 4 aromatic rings.